The minimum absolute atomic E-state index is 0.176. The molecule has 2 nitrogen and oxygen atoms in total. The molecule has 1 unspecified atom stereocenters. The normalized spacial score (nSPS) is 12.9. The van der Waals surface area contributed by atoms with Crippen molar-refractivity contribution in [1.29, 1.82) is 0 Å². The molecule has 0 amide bonds. The molecule has 0 fully saturated rings. The van der Waals surface area contributed by atoms with E-state index in [9.17, 15) is 0 Å². The van der Waals surface area contributed by atoms with Gasteiger partial charge in [0.05, 0.1) is 0 Å². The first-order valence-electron chi connectivity index (χ1n) is 5.34. The number of pyridine rings is 1. The van der Waals surface area contributed by atoms with Crippen molar-refractivity contribution in [2.75, 3.05) is 0 Å². The molecule has 0 saturated carbocycles. The summed E-state index contributed by atoms with van der Waals surface area (Å²) in [5.41, 5.74) is 9.44. The third kappa shape index (κ3) is 3.11. The van der Waals surface area contributed by atoms with Gasteiger partial charge < -0.3 is 5.73 Å². The zero-order chi connectivity index (χ0) is 10.6. The second-order valence-electron chi connectivity index (χ2n) is 3.93. The van der Waals surface area contributed by atoms with Crippen molar-refractivity contribution in [1.82, 2.24) is 4.98 Å². The van der Waals surface area contributed by atoms with E-state index < -0.39 is 0 Å². The second-order valence-corrected chi connectivity index (χ2v) is 3.93. The smallest absolute Gasteiger partial charge is 0.0379 e. The van der Waals surface area contributed by atoms with Gasteiger partial charge in [0.2, 0.25) is 0 Å². The topological polar surface area (TPSA) is 38.9 Å². The Morgan fingerprint density at radius 3 is 2.36 bits per heavy atom. The molecular weight excluding hydrogens is 172 g/mol. The Bertz CT molecular complexity index is 274. The van der Waals surface area contributed by atoms with Gasteiger partial charge in [-0.3, -0.25) is 4.98 Å². The van der Waals surface area contributed by atoms with E-state index >= 15 is 0 Å². The fourth-order valence-corrected chi connectivity index (χ4v) is 1.67. The number of nitrogens with zero attached hydrogens (tertiary/aromatic N) is 1. The van der Waals surface area contributed by atoms with Gasteiger partial charge in [-0.25, -0.2) is 0 Å². The Morgan fingerprint density at radius 1 is 1.29 bits per heavy atom. The lowest BCUT2D eigenvalue weighted by Gasteiger charge is -2.12. The van der Waals surface area contributed by atoms with Gasteiger partial charge in [0.1, 0.15) is 0 Å². The number of hydrogen-bond acceptors (Lipinski definition) is 2. The van der Waals surface area contributed by atoms with E-state index in [0.717, 1.165) is 17.8 Å². The Balaban J connectivity index is 2.73. The number of hydrogen-bond donors (Lipinski definition) is 1. The van der Waals surface area contributed by atoms with Crippen molar-refractivity contribution < 1.29 is 0 Å². The van der Waals surface area contributed by atoms with Crippen molar-refractivity contribution in [3.05, 3.63) is 29.1 Å². The molecule has 14 heavy (non-hydrogen) atoms. The van der Waals surface area contributed by atoms with Gasteiger partial charge in [0.15, 0.2) is 0 Å². The van der Waals surface area contributed by atoms with Crippen LogP contribution in [0.25, 0.3) is 0 Å². The van der Waals surface area contributed by atoms with E-state index in [1.54, 1.807) is 0 Å². The van der Waals surface area contributed by atoms with Gasteiger partial charge in [-0.2, -0.15) is 0 Å². The monoisotopic (exact) mass is 192 g/mol. The van der Waals surface area contributed by atoms with E-state index in [4.69, 9.17) is 5.73 Å². The Labute approximate surface area is 86.5 Å². The fourth-order valence-electron chi connectivity index (χ4n) is 1.67. The largest absolute Gasteiger partial charge is 0.324 e. The third-order valence-corrected chi connectivity index (χ3v) is 2.40. The van der Waals surface area contributed by atoms with Gasteiger partial charge in [0.25, 0.3) is 0 Å². The SMILES string of the molecule is CCCCC(N)c1cc(C)nc(C)c1. The van der Waals surface area contributed by atoms with Crippen LogP contribution in [0.3, 0.4) is 0 Å². The molecule has 1 heterocycles. The third-order valence-electron chi connectivity index (χ3n) is 2.40. The predicted octanol–water partition coefficient (Wildman–Crippen LogP) is 2.89. The summed E-state index contributed by atoms with van der Waals surface area (Å²) < 4.78 is 0. The molecule has 0 aliphatic heterocycles. The van der Waals surface area contributed by atoms with Crippen molar-refractivity contribution in [3.63, 3.8) is 0 Å². The minimum atomic E-state index is 0.176. The van der Waals surface area contributed by atoms with Gasteiger partial charge in [0, 0.05) is 17.4 Å². The van der Waals surface area contributed by atoms with Gasteiger partial charge >= 0.3 is 0 Å². The second kappa shape index (κ2) is 5.11. The molecule has 1 aromatic rings. The summed E-state index contributed by atoms with van der Waals surface area (Å²) >= 11 is 0. The predicted molar refractivity (Wildman–Crippen MR) is 60.2 cm³/mol. The van der Waals surface area contributed by atoms with E-state index in [1.165, 1.54) is 18.4 Å². The Hall–Kier alpha value is -0.890. The highest BCUT2D eigenvalue weighted by atomic mass is 14.7. The van der Waals surface area contributed by atoms with Crippen LogP contribution in [0, 0.1) is 13.8 Å². The maximum absolute atomic E-state index is 6.09. The zero-order valence-corrected chi connectivity index (χ0v) is 9.38. The zero-order valence-electron chi connectivity index (χ0n) is 9.38. The molecule has 0 aromatic carbocycles. The van der Waals surface area contributed by atoms with Gasteiger partial charge in [-0.1, -0.05) is 19.8 Å². The summed E-state index contributed by atoms with van der Waals surface area (Å²) in [5, 5.41) is 0. The molecule has 0 aliphatic rings. The molecule has 0 bridgehead atoms. The van der Waals surface area contributed by atoms with Crippen molar-refractivity contribution >= 4 is 0 Å². The van der Waals surface area contributed by atoms with Crippen LogP contribution < -0.4 is 5.73 Å². The molecule has 0 aliphatic carbocycles. The molecule has 1 atom stereocenters. The summed E-state index contributed by atoms with van der Waals surface area (Å²) in [7, 11) is 0. The van der Waals surface area contributed by atoms with Crippen LogP contribution >= 0.6 is 0 Å². The van der Waals surface area contributed by atoms with Crippen LogP contribution in [-0.2, 0) is 0 Å². The fraction of sp³-hybridized carbons (Fsp3) is 0.583. The highest BCUT2D eigenvalue weighted by Crippen LogP contribution is 2.17. The van der Waals surface area contributed by atoms with Crippen LogP contribution in [0.4, 0.5) is 0 Å². The van der Waals surface area contributed by atoms with E-state index in [0.29, 0.717) is 0 Å². The number of nitrogens with two attached hydrogens (primary N) is 1. The molecule has 78 valence electrons. The van der Waals surface area contributed by atoms with Crippen molar-refractivity contribution in [3.8, 4) is 0 Å². The van der Waals surface area contributed by atoms with E-state index in [-0.39, 0.29) is 6.04 Å². The van der Waals surface area contributed by atoms with Crippen LogP contribution in [0.5, 0.6) is 0 Å². The minimum Gasteiger partial charge on any atom is -0.324 e. The van der Waals surface area contributed by atoms with Crippen molar-refractivity contribution in [2.24, 2.45) is 5.73 Å². The molecule has 1 aromatic heterocycles. The number of rotatable bonds is 4. The highest BCUT2D eigenvalue weighted by Gasteiger charge is 2.06. The Kier molecular flexibility index (Phi) is 4.08. The highest BCUT2D eigenvalue weighted by molar-refractivity contribution is 5.23. The first-order chi connectivity index (χ1) is 6.63. The van der Waals surface area contributed by atoms with E-state index in [2.05, 4.69) is 24.0 Å². The molecule has 2 N–H and O–H groups in total. The van der Waals surface area contributed by atoms with Crippen molar-refractivity contribution in [2.45, 2.75) is 46.1 Å². The quantitative estimate of drug-likeness (QED) is 0.796. The van der Waals surface area contributed by atoms with Crippen LogP contribution in [0.15, 0.2) is 12.1 Å². The maximum atomic E-state index is 6.09. The number of aryl methyl sites for hydroxylation is 2. The Morgan fingerprint density at radius 2 is 1.86 bits per heavy atom. The molecule has 0 spiro atoms. The first kappa shape index (κ1) is 11.2. The molecule has 2 heteroatoms. The van der Waals surface area contributed by atoms with E-state index in [1.807, 2.05) is 13.8 Å². The number of aromatic nitrogens is 1. The lowest BCUT2D eigenvalue weighted by Crippen LogP contribution is -2.11. The maximum Gasteiger partial charge on any atom is 0.0379 e. The summed E-state index contributed by atoms with van der Waals surface area (Å²) in [6, 6.07) is 4.36. The van der Waals surface area contributed by atoms with Gasteiger partial charge in [-0.15, -0.1) is 0 Å². The molecule has 1 rings (SSSR count). The summed E-state index contributed by atoms with van der Waals surface area (Å²) in [6.07, 6.45) is 3.47. The van der Waals surface area contributed by atoms with Crippen LogP contribution in [-0.4, -0.2) is 4.98 Å². The average molecular weight is 192 g/mol. The molecular formula is C12H20N2. The number of unbranched alkanes of at least 4 members (excludes halogenated alkanes) is 1. The first-order valence-corrected chi connectivity index (χ1v) is 5.34. The average Bonchev–Trinajstić information content (AvgIpc) is 2.12. The van der Waals surface area contributed by atoms with Crippen LogP contribution in [0.1, 0.15) is 49.2 Å². The van der Waals surface area contributed by atoms with Gasteiger partial charge in [-0.05, 0) is 38.0 Å². The molecule has 0 radical (unpaired) electrons. The summed E-state index contributed by atoms with van der Waals surface area (Å²) in [6.45, 7) is 6.22. The molecule has 0 saturated heterocycles. The summed E-state index contributed by atoms with van der Waals surface area (Å²) in [4.78, 5) is 4.34. The van der Waals surface area contributed by atoms with Crippen LogP contribution in [0.2, 0.25) is 0 Å². The lowest BCUT2D eigenvalue weighted by atomic mass is 10.0. The summed E-state index contributed by atoms with van der Waals surface area (Å²) in [5.74, 6) is 0. The lowest BCUT2D eigenvalue weighted by molar-refractivity contribution is 0.602. The standard InChI is InChI=1S/C12H20N2/c1-4-5-6-12(13)11-7-9(2)14-10(3)8-11/h7-8,12H,4-6,13H2,1-3H3.